The second kappa shape index (κ2) is 13.3. The zero-order valence-electron chi connectivity index (χ0n) is 20.4. The van der Waals surface area contributed by atoms with Gasteiger partial charge in [-0.25, -0.2) is 4.98 Å². The molecule has 5 nitrogen and oxygen atoms in total. The first-order chi connectivity index (χ1) is 16.9. The molecule has 0 fully saturated rings. The Bertz CT molecular complexity index is 1200. The van der Waals surface area contributed by atoms with Crippen molar-refractivity contribution in [2.24, 2.45) is 0 Å². The van der Waals surface area contributed by atoms with E-state index in [4.69, 9.17) is 16.3 Å². The smallest absolute Gasteiger partial charge is 0.305 e. The molecule has 1 aromatic heterocycles. The summed E-state index contributed by atoms with van der Waals surface area (Å²) in [5, 5.41) is 1.90. The maximum Gasteiger partial charge on any atom is 0.305 e. The summed E-state index contributed by atoms with van der Waals surface area (Å²) in [5.41, 5.74) is 3.97. The summed E-state index contributed by atoms with van der Waals surface area (Å²) in [6.45, 7) is 0. The van der Waals surface area contributed by atoms with Gasteiger partial charge < -0.3 is 9.64 Å². The van der Waals surface area contributed by atoms with Gasteiger partial charge in [-0.1, -0.05) is 54.1 Å². The number of ether oxygens (including phenoxy) is 1. The Balaban J connectivity index is 1.73. The van der Waals surface area contributed by atoms with E-state index in [1.807, 2.05) is 48.6 Å². The molecule has 1 heterocycles. The van der Waals surface area contributed by atoms with Crippen molar-refractivity contribution in [2.45, 2.75) is 30.9 Å². The molecule has 1 unspecified atom stereocenters. The van der Waals surface area contributed by atoms with E-state index in [1.54, 1.807) is 30.8 Å². The summed E-state index contributed by atoms with van der Waals surface area (Å²) in [6, 6.07) is 18.1. The van der Waals surface area contributed by atoms with E-state index >= 15 is 0 Å². The van der Waals surface area contributed by atoms with Gasteiger partial charge in [-0.2, -0.15) is 11.8 Å². The van der Waals surface area contributed by atoms with Crippen molar-refractivity contribution in [1.29, 1.82) is 0 Å². The first kappa shape index (κ1) is 26.8. The van der Waals surface area contributed by atoms with Crippen molar-refractivity contribution in [3.63, 3.8) is 0 Å². The average molecular weight is 511 g/mol. The number of carbonyl (C=O) groups is 2. The van der Waals surface area contributed by atoms with Crippen LogP contribution in [0.2, 0.25) is 5.02 Å². The van der Waals surface area contributed by atoms with Crippen LogP contribution in [0.5, 0.6) is 0 Å². The van der Waals surface area contributed by atoms with Gasteiger partial charge in [0.05, 0.1) is 18.3 Å². The number of rotatable bonds is 11. The second-order valence-electron chi connectivity index (χ2n) is 8.44. The largest absolute Gasteiger partial charge is 0.469 e. The number of pyridine rings is 1. The van der Waals surface area contributed by atoms with E-state index < -0.39 is 0 Å². The normalized spacial score (nSPS) is 12.1. The van der Waals surface area contributed by atoms with Crippen molar-refractivity contribution < 1.29 is 14.3 Å². The lowest BCUT2D eigenvalue weighted by Gasteiger charge is -2.18. The third-order valence-electron chi connectivity index (χ3n) is 5.61. The van der Waals surface area contributed by atoms with Crippen molar-refractivity contribution in [3.05, 3.63) is 76.4 Å². The first-order valence-electron chi connectivity index (χ1n) is 11.6. The molecule has 0 aliphatic carbocycles. The van der Waals surface area contributed by atoms with Crippen LogP contribution in [0, 0.1) is 0 Å². The van der Waals surface area contributed by atoms with Gasteiger partial charge in [0.15, 0.2) is 0 Å². The summed E-state index contributed by atoms with van der Waals surface area (Å²) in [5.74, 6) is 0.646. The van der Waals surface area contributed by atoms with E-state index in [-0.39, 0.29) is 17.1 Å². The lowest BCUT2D eigenvalue weighted by Crippen LogP contribution is -2.21. The molecule has 1 amide bonds. The van der Waals surface area contributed by atoms with Gasteiger partial charge >= 0.3 is 5.97 Å². The second-order valence-corrected chi connectivity index (χ2v) is 10.2. The number of hydrogen-bond acceptors (Lipinski definition) is 5. The molecule has 35 heavy (non-hydrogen) atoms. The molecule has 1 atom stereocenters. The molecule has 0 spiro atoms. The van der Waals surface area contributed by atoms with Crippen molar-refractivity contribution >= 4 is 58.3 Å². The molecular formula is C28H31ClN2O3S. The van der Waals surface area contributed by atoms with Crippen molar-refractivity contribution in [1.82, 2.24) is 9.88 Å². The minimum atomic E-state index is -0.197. The molecule has 7 heteroatoms. The van der Waals surface area contributed by atoms with Gasteiger partial charge in [0.25, 0.3) is 0 Å². The van der Waals surface area contributed by atoms with Crippen LogP contribution in [-0.2, 0) is 14.3 Å². The number of esters is 1. The summed E-state index contributed by atoms with van der Waals surface area (Å²) >= 11 is 7.87. The third kappa shape index (κ3) is 8.41. The van der Waals surface area contributed by atoms with Crippen LogP contribution in [0.15, 0.2) is 54.6 Å². The Labute approximate surface area is 216 Å². The molecule has 0 N–H and O–H groups in total. The highest BCUT2D eigenvalue weighted by atomic mass is 35.5. The number of fused-ring (bicyclic) bond motifs is 1. The van der Waals surface area contributed by atoms with Crippen LogP contribution in [0.1, 0.15) is 47.8 Å². The van der Waals surface area contributed by atoms with Crippen LogP contribution in [0.25, 0.3) is 23.1 Å². The van der Waals surface area contributed by atoms with Crippen LogP contribution in [0.4, 0.5) is 0 Å². The fraction of sp³-hybridized carbons (Fsp3) is 0.321. The first-order valence-corrected chi connectivity index (χ1v) is 13.0. The fourth-order valence-corrected chi connectivity index (χ4v) is 5.05. The molecule has 3 aromatic rings. The van der Waals surface area contributed by atoms with Crippen LogP contribution in [0.3, 0.4) is 0 Å². The minimum absolute atomic E-state index is 0.117. The van der Waals surface area contributed by atoms with Gasteiger partial charge in [0.1, 0.15) is 0 Å². The number of halogens is 1. The van der Waals surface area contributed by atoms with Crippen molar-refractivity contribution in [3.8, 4) is 0 Å². The molecule has 2 aromatic carbocycles. The lowest BCUT2D eigenvalue weighted by atomic mass is 10.0. The number of nitrogens with zero attached hydrogens (tertiary/aromatic N) is 2. The zero-order chi connectivity index (χ0) is 25.2. The van der Waals surface area contributed by atoms with E-state index in [9.17, 15) is 9.59 Å². The number of benzene rings is 2. The molecular weight excluding hydrogens is 480 g/mol. The number of thioether (sulfide) groups is 1. The van der Waals surface area contributed by atoms with E-state index in [0.717, 1.165) is 40.8 Å². The summed E-state index contributed by atoms with van der Waals surface area (Å²) in [6.07, 6.45) is 6.48. The molecule has 0 saturated carbocycles. The summed E-state index contributed by atoms with van der Waals surface area (Å²) in [4.78, 5) is 29.9. The summed E-state index contributed by atoms with van der Waals surface area (Å²) < 4.78 is 4.78. The Kier molecular flexibility index (Phi) is 10.2. The predicted molar refractivity (Wildman–Crippen MR) is 146 cm³/mol. The number of methoxy groups -OCH3 is 1. The predicted octanol–water partition coefficient (Wildman–Crippen LogP) is 6.65. The standard InChI is InChI=1S/C28H31ClN2O3S/c1-31(2)27(32)16-17-35-26(8-5-9-28(33)34-3)22-7-4-6-20(18-22)10-14-24-15-12-21-11-13-23(29)19-25(21)30-24/h4,6-7,10-15,18-19,26H,5,8-9,16-17H2,1-3H3. The van der Waals surface area contributed by atoms with Gasteiger partial charge in [0, 0.05) is 48.3 Å². The quantitative estimate of drug-likeness (QED) is 0.270. The van der Waals surface area contributed by atoms with Crippen LogP contribution >= 0.6 is 23.4 Å². The number of aromatic nitrogens is 1. The van der Waals surface area contributed by atoms with Crippen LogP contribution in [-0.4, -0.2) is 48.7 Å². The van der Waals surface area contributed by atoms with Crippen molar-refractivity contribution in [2.75, 3.05) is 27.0 Å². The van der Waals surface area contributed by atoms with E-state index in [0.29, 0.717) is 17.9 Å². The van der Waals surface area contributed by atoms with E-state index in [2.05, 4.69) is 23.2 Å². The monoisotopic (exact) mass is 510 g/mol. The van der Waals surface area contributed by atoms with E-state index in [1.165, 1.54) is 12.7 Å². The number of hydrogen-bond donors (Lipinski definition) is 0. The highest BCUT2D eigenvalue weighted by Crippen LogP contribution is 2.35. The Morgan fingerprint density at radius 2 is 1.89 bits per heavy atom. The molecule has 0 aliphatic heterocycles. The highest BCUT2D eigenvalue weighted by Gasteiger charge is 2.15. The Hall–Kier alpha value is -2.83. The van der Waals surface area contributed by atoms with Gasteiger partial charge in [0.2, 0.25) is 5.91 Å². The molecule has 0 aliphatic rings. The third-order valence-corrected chi connectivity index (χ3v) is 7.20. The van der Waals surface area contributed by atoms with Crippen LogP contribution < -0.4 is 0 Å². The average Bonchev–Trinajstić information content (AvgIpc) is 2.86. The van der Waals surface area contributed by atoms with Gasteiger partial charge in [-0.15, -0.1) is 0 Å². The SMILES string of the molecule is COC(=O)CCCC(SCCC(=O)N(C)C)c1cccc(C=Cc2ccc3ccc(Cl)cc3n2)c1. The topological polar surface area (TPSA) is 59.5 Å². The summed E-state index contributed by atoms with van der Waals surface area (Å²) in [7, 11) is 4.96. The minimum Gasteiger partial charge on any atom is -0.469 e. The maximum atomic E-state index is 12.0. The fourth-order valence-electron chi connectivity index (χ4n) is 3.64. The molecule has 0 radical (unpaired) electrons. The maximum absolute atomic E-state index is 12.0. The Morgan fingerprint density at radius 3 is 2.66 bits per heavy atom. The molecule has 184 valence electrons. The van der Waals surface area contributed by atoms with Gasteiger partial charge in [-0.3, -0.25) is 9.59 Å². The number of amides is 1. The zero-order valence-corrected chi connectivity index (χ0v) is 21.9. The molecule has 3 rings (SSSR count). The molecule has 0 saturated heterocycles. The van der Waals surface area contributed by atoms with Gasteiger partial charge in [-0.05, 0) is 48.2 Å². The molecule has 0 bridgehead atoms. The highest BCUT2D eigenvalue weighted by molar-refractivity contribution is 7.99. The Morgan fingerprint density at radius 1 is 1.09 bits per heavy atom. The number of carbonyl (C=O) groups excluding carboxylic acids is 2. The lowest BCUT2D eigenvalue weighted by molar-refractivity contribution is -0.140.